The molecule has 1 aromatic rings. The summed E-state index contributed by atoms with van der Waals surface area (Å²) >= 11 is 0. The van der Waals surface area contributed by atoms with Gasteiger partial charge >= 0.3 is 0 Å². The molecule has 1 aliphatic carbocycles. The van der Waals surface area contributed by atoms with Crippen molar-refractivity contribution in [3.63, 3.8) is 0 Å². The van der Waals surface area contributed by atoms with Gasteiger partial charge in [-0.15, -0.1) is 0 Å². The second kappa shape index (κ2) is 4.42. The quantitative estimate of drug-likeness (QED) is 0.826. The Hall–Kier alpha value is -1.09. The van der Waals surface area contributed by atoms with E-state index in [-0.39, 0.29) is 5.54 Å². The van der Waals surface area contributed by atoms with Gasteiger partial charge < -0.3 is 10.5 Å². The van der Waals surface area contributed by atoms with E-state index in [1.54, 1.807) is 7.11 Å². The van der Waals surface area contributed by atoms with Crippen molar-refractivity contribution < 1.29 is 4.74 Å². The zero-order chi connectivity index (χ0) is 11.6. The third-order valence-corrected chi connectivity index (χ3v) is 3.42. The molecule has 0 unspecified atom stereocenters. The van der Waals surface area contributed by atoms with Gasteiger partial charge in [-0.3, -0.25) is 4.98 Å². The Morgan fingerprint density at radius 1 is 1.50 bits per heavy atom. The van der Waals surface area contributed by atoms with E-state index in [4.69, 9.17) is 10.5 Å². The summed E-state index contributed by atoms with van der Waals surface area (Å²) in [6.07, 6.45) is 7.12. The van der Waals surface area contributed by atoms with Crippen molar-refractivity contribution in [2.24, 2.45) is 5.73 Å². The molecule has 1 heterocycles. The SMILES string of the molecule is CCc1nccc(OC)c1CCC1(N)CC1. The summed E-state index contributed by atoms with van der Waals surface area (Å²) < 4.78 is 5.39. The number of aromatic nitrogens is 1. The van der Waals surface area contributed by atoms with Crippen LogP contribution in [0.3, 0.4) is 0 Å². The van der Waals surface area contributed by atoms with Crippen LogP contribution in [0.25, 0.3) is 0 Å². The molecule has 3 nitrogen and oxygen atoms in total. The fourth-order valence-electron chi connectivity index (χ4n) is 2.06. The van der Waals surface area contributed by atoms with Crippen LogP contribution >= 0.6 is 0 Å². The molecule has 1 aromatic heterocycles. The number of nitrogens with two attached hydrogens (primary N) is 1. The molecule has 0 spiro atoms. The molecule has 0 bridgehead atoms. The third kappa shape index (κ3) is 2.35. The maximum absolute atomic E-state index is 6.12. The molecule has 2 rings (SSSR count). The first-order valence-corrected chi connectivity index (χ1v) is 5.98. The maximum Gasteiger partial charge on any atom is 0.125 e. The van der Waals surface area contributed by atoms with E-state index in [1.165, 1.54) is 5.56 Å². The van der Waals surface area contributed by atoms with Crippen LogP contribution in [0.2, 0.25) is 0 Å². The molecular formula is C13H20N2O. The van der Waals surface area contributed by atoms with Gasteiger partial charge in [0, 0.05) is 23.0 Å². The molecule has 0 atom stereocenters. The largest absolute Gasteiger partial charge is 0.496 e. The van der Waals surface area contributed by atoms with Gasteiger partial charge in [0.05, 0.1) is 7.11 Å². The summed E-state index contributed by atoms with van der Waals surface area (Å²) in [7, 11) is 1.72. The summed E-state index contributed by atoms with van der Waals surface area (Å²) in [5.74, 6) is 0.955. The Balaban J connectivity index is 2.15. The Morgan fingerprint density at radius 3 is 2.81 bits per heavy atom. The average Bonchev–Trinajstić information content (AvgIpc) is 3.04. The molecule has 1 fully saturated rings. The second-order valence-corrected chi connectivity index (χ2v) is 4.65. The predicted molar refractivity (Wildman–Crippen MR) is 64.6 cm³/mol. The van der Waals surface area contributed by atoms with Gasteiger partial charge in [0.15, 0.2) is 0 Å². The van der Waals surface area contributed by atoms with E-state index in [0.717, 1.165) is 43.5 Å². The van der Waals surface area contributed by atoms with Gasteiger partial charge in [-0.1, -0.05) is 6.92 Å². The number of methoxy groups -OCH3 is 1. The van der Waals surface area contributed by atoms with Crippen molar-refractivity contribution >= 4 is 0 Å². The number of hydrogen-bond donors (Lipinski definition) is 1. The zero-order valence-electron chi connectivity index (χ0n) is 10.1. The first kappa shape index (κ1) is 11.4. The van der Waals surface area contributed by atoms with Crippen LogP contribution in [-0.2, 0) is 12.8 Å². The topological polar surface area (TPSA) is 48.1 Å². The number of aryl methyl sites for hydroxylation is 1. The fraction of sp³-hybridized carbons (Fsp3) is 0.615. The number of rotatable bonds is 5. The van der Waals surface area contributed by atoms with Crippen LogP contribution in [0.15, 0.2) is 12.3 Å². The van der Waals surface area contributed by atoms with Gasteiger partial charge in [0.2, 0.25) is 0 Å². The molecule has 0 aliphatic heterocycles. The van der Waals surface area contributed by atoms with Crippen LogP contribution in [0.5, 0.6) is 5.75 Å². The van der Waals surface area contributed by atoms with Crippen LogP contribution in [-0.4, -0.2) is 17.6 Å². The average molecular weight is 220 g/mol. The molecule has 16 heavy (non-hydrogen) atoms. The fourth-order valence-corrected chi connectivity index (χ4v) is 2.06. The highest BCUT2D eigenvalue weighted by Gasteiger charge is 2.37. The van der Waals surface area contributed by atoms with E-state index in [1.807, 2.05) is 12.3 Å². The summed E-state index contributed by atoms with van der Waals surface area (Å²) in [5, 5.41) is 0. The lowest BCUT2D eigenvalue weighted by atomic mass is 10.0. The van der Waals surface area contributed by atoms with Crippen molar-refractivity contribution in [2.75, 3.05) is 7.11 Å². The summed E-state index contributed by atoms with van der Waals surface area (Å²) in [6.45, 7) is 2.13. The minimum atomic E-state index is 0.103. The maximum atomic E-state index is 6.12. The van der Waals surface area contributed by atoms with Gasteiger partial charge in [-0.05, 0) is 38.2 Å². The van der Waals surface area contributed by atoms with Gasteiger partial charge in [0.25, 0.3) is 0 Å². The van der Waals surface area contributed by atoms with E-state index in [0.29, 0.717) is 0 Å². The molecule has 0 aromatic carbocycles. The van der Waals surface area contributed by atoms with Gasteiger partial charge in [-0.2, -0.15) is 0 Å². The molecule has 0 amide bonds. The Bertz CT molecular complexity index is 350. The van der Waals surface area contributed by atoms with E-state index < -0.39 is 0 Å². The summed E-state index contributed by atoms with van der Waals surface area (Å²) in [4.78, 5) is 4.41. The standard InChI is InChI=1S/C13H20N2O/c1-3-11-10(4-6-13(14)7-8-13)12(16-2)5-9-15-11/h5,9H,3-4,6-8,14H2,1-2H3. The van der Waals surface area contributed by atoms with Crippen molar-refractivity contribution in [1.29, 1.82) is 0 Å². The summed E-state index contributed by atoms with van der Waals surface area (Å²) in [5.41, 5.74) is 8.60. The van der Waals surface area contributed by atoms with Crippen molar-refractivity contribution in [3.8, 4) is 5.75 Å². The number of nitrogens with zero attached hydrogens (tertiary/aromatic N) is 1. The minimum absolute atomic E-state index is 0.103. The lowest BCUT2D eigenvalue weighted by molar-refractivity contribution is 0.406. The van der Waals surface area contributed by atoms with Gasteiger partial charge in [0.1, 0.15) is 5.75 Å². The number of ether oxygens (including phenoxy) is 1. The lowest BCUT2D eigenvalue weighted by Gasteiger charge is -2.14. The lowest BCUT2D eigenvalue weighted by Crippen LogP contribution is -2.22. The highest BCUT2D eigenvalue weighted by molar-refractivity contribution is 5.36. The molecular weight excluding hydrogens is 200 g/mol. The molecule has 2 N–H and O–H groups in total. The van der Waals surface area contributed by atoms with Crippen LogP contribution in [0.4, 0.5) is 0 Å². The Morgan fingerprint density at radius 2 is 2.25 bits per heavy atom. The highest BCUT2D eigenvalue weighted by atomic mass is 16.5. The van der Waals surface area contributed by atoms with E-state index >= 15 is 0 Å². The monoisotopic (exact) mass is 220 g/mol. The molecule has 88 valence electrons. The van der Waals surface area contributed by atoms with Crippen molar-refractivity contribution in [2.45, 2.75) is 44.6 Å². The molecule has 0 saturated heterocycles. The smallest absolute Gasteiger partial charge is 0.125 e. The molecule has 1 saturated carbocycles. The highest BCUT2D eigenvalue weighted by Crippen LogP contribution is 2.37. The normalized spacial score (nSPS) is 17.2. The van der Waals surface area contributed by atoms with Crippen LogP contribution in [0, 0.1) is 0 Å². The van der Waals surface area contributed by atoms with E-state index in [9.17, 15) is 0 Å². The first-order valence-electron chi connectivity index (χ1n) is 5.98. The minimum Gasteiger partial charge on any atom is -0.496 e. The number of pyridine rings is 1. The third-order valence-electron chi connectivity index (χ3n) is 3.42. The van der Waals surface area contributed by atoms with Crippen molar-refractivity contribution in [1.82, 2.24) is 4.98 Å². The number of hydrogen-bond acceptors (Lipinski definition) is 3. The summed E-state index contributed by atoms with van der Waals surface area (Å²) in [6, 6.07) is 1.94. The Kier molecular flexibility index (Phi) is 3.15. The van der Waals surface area contributed by atoms with Crippen molar-refractivity contribution in [3.05, 3.63) is 23.5 Å². The zero-order valence-corrected chi connectivity index (χ0v) is 10.1. The first-order chi connectivity index (χ1) is 7.68. The molecule has 1 aliphatic rings. The Labute approximate surface area is 97.0 Å². The molecule has 0 radical (unpaired) electrons. The van der Waals surface area contributed by atoms with Gasteiger partial charge in [-0.25, -0.2) is 0 Å². The van der Waals surface area contributed by atoms with Crippen LogP contribution in [0.1, 0.15) is 37.4 Å². The predicted octanol–water partition coefficient (Wildman–Crippen LogP) is 2.08. The second-order valence-electron chi connectivity index (χ2n) is 4.65. The molecule has 3 heteroatoms. The van der Waals surface area contributed by atoms with Crippen LogP contribution < -0.4 is 10.5 Å². The van der Waals surface area contributed by atoms with E-state index in [2.05, 4.69) is 11.9 Å².